The molecule has 0 saturated heterocycles. The summed E-state index contributed by atoms with van der Waals surface area (Å²) in [6.07, 6.45) is 3.76. The van der Waals surface area contributed by atoms with Gasteiger partial charge in [0, 0.05) is 17.5 Å². The Kier molecular flexibility index (Phi) is 5.40. The maximum absolute atomic E-state index is 12.7. The largest absolute Gasteiger partial charge is 0.397 e. The number of hydrogen-bond donors (Lipinski definition) is 3. The number of nitrogens with one attached hydrogen (secondary N) is 2. The predicted molar refractivity (Wildman–Crippen MR) is 134 cm³/mol. The number of aromatic amines is 1. The van der Waals surface area contributed by atoms with Crippen LogP contribution in [-0.4, -0.2) is 25.8 Å². The molecule has 2 aromatic carbocycles. The number of nitrogens with zero attached hydrogens (tertiary/aromatic N) is 3. The van der Waals surface area contributed by atoms with Crippen LogP contribution in [-0.2, 0) is 5.41 Å². The maximum atomic E-state index is 12.7. The Morgan fingerprint density at radius 1 is 1.06 bits per heavy atom. The van der Waals surface area contributed by atoms with Crippen molar-refractivity contribution in [2.24, 2.45) is 0 Å². The second-order valence-electron chi connectivity index (χ2n) is 9.21. The molecule has 1 fully saturated rings. The van der Waals surface area contributed by atoms with Gasteiger partial charge in [-0.05, 0) is 61.6 Å². The van der Waals surface area contributed by atoms with Crippen molar-refractivity contribution in [3.63, 3.8) is 0 Å². The highest BCUT2D eigenvalue weighted by Crippen LogP contribution is 2.52. The third-order valence-electron chi connectivity index (χ3n) is 6.41. The number of aromatic nitrogens is 4. The summed E-state index contributed by atoms with van der Waals surface area (Å²) in [6, 6.07) is 16.9. The fraction of sp³-hybridized carbons (Fsp3) is 0.259. The molecule has 0 unspecified atom stereocenters. The van der Waals surface area contributed by atoms with Crippen molar-refractivity contribution in [2.75, 3.05) is 11.1 Å². The Balaban J connectivity index is 1.41. The number of nitrogens with two attached hydrogens (primary N) is 1. The van der Waals surface area contributed by atoms with Gasteiger partial charge >= 0.3 is 0 Å². The van der Waals surface area contributed by atoms with Crippen LogP contribution in [0.5, 0.6) is 0 Å². The van der Waals surface area contributed by atoms with Gasteiger partial charge in [-0.1, -0.05) is 38.1 Å². The molecule has 2 heterocycles. The van der Waals surface area contributed by atoms with Gasteiger partial charge in [0.25, 0.3) is 5.91 Å². The van der Waals surface area contributed by atoms with Crippen LogP contribution >= 0.6 is 0 Å². The molecule has 1 aliphatic carbocycles. The van der Waals surface area contributed by atoms with E-state index in [0.717, 1.165) is 47.1 Å². The first-order valence-corrected chi connectivity index (χ1v) is 11.5. The molecule has 0 spiro atoms. The number of hydrogen-bond acceptors (Lipinski definition) is 5. The molecular formula is C27H28N6O. The number of carbonyl (C=O) groups is 1. The Labute approximate surface area is 198 Å². The molecule has 34 heavy (non-hydrogen) atoms. The zero-order valence-corrected chi connectivity index (χ0v) is 19.6. The van der Waals surface area contributed by atoms with Gasteiger partial charge in [-0.15, -0.1) is 0 Å². The van der Waals surface area contributed by atoms with E-state index < -0.39 is 0 Å². The first-order valence-electron chi connectivity index (χ1n) is 11.5. The van der Waals surface area contributed by atoms with E-state index in [0.29, 0.717) is 22.9 Å². The SMILES string of the molecule is Cc1nc(-c2ccnc(C3(c4ccc(C(=O)Nc5ccccc5N)cc4)CC3)n2)c(C(C)C)[nH]1. The van der Waals surface area contributed by atoms with E-state index in [2.05, 4.69) is 29.1 Å². The number of aryl methyl sites for hydroxylation is 1. The van der Waals surface area contributed by atoms with E-state index in [1.165, 1.54) is 0 Å². The number of benzene rings is 2. The minimum absolute atomic E-state index is 0.192. The summed E-state index contributed by atoms with van der Waals surface area (Å²) in [5.74, 6) is 1.80. The summed E-state index contributed by atoms with van der Waals surface area (Å²) >= 11 is 0. The lowest BCUT2D eigenvalue weighted by Crippen LogP contribution is -2.16. The van der Waals surface area contributed by atoms with Gasteiger partial charge in [0.2, 0.25) is 0 Å². The summed E-state index contributed by atoms with van der Waals surface area (Å²) in [5.41, 5.74) is 11.4. The predicted octanol–water partition coefficient (Wildman–Crippen LogP) is 5.21. The Hall–Kier alpha value is -4.00. The first-order chi connectivity index (χ1) is 16.4. The van der Waals surface area contributed by atoms with Crippen LogP contribution in [0.1, 0.15) is 65.9 Å². The normalized spacial score (nSPS) is 14.2. The molecule has 1 amide bonds. The van der Waals surface area contributed by atoms with Crippen molar-refractivity contribution in [1.82, 2.24) is 19.9 Å². The molecule has 1 aliphatic rings. The minimum atomic E-state index is -0.224. The van der Waals surface area contributed by atoms with Crippen molar-refractivity contribution in [3.8, 4) is 11.4 Å². The van der Waals surface area contributed by atoms with Crippen LogP contribution in [0, 0.1) is 6.92 Å². The van der Waals surface area contributed by atoms with Crippen molar-refractivity contribution in [3.05, 3.63) is 89.3 Å². The summed E-state index contributed by atoms with van der Waals surface area (Å²) in [7, 11) is 0. The Morgan fingerprint density at radius 2 is 1.79 bits per heavy atom. The number of anilines is 2. The van der Waals surface area contributed by atoms with Crippen LogP contribution in [0.3, 0.4) is 0 Å². The van der Waals surface area contributed by atoms with Crippen LogP contribution < -0.4 is 11.1 Å². The number of amides is 1. The van der Waals surface area contributed by atoms with Crippen molar-refractivity contribution >= 4 is 17.3 Å². The van der Waals surface area contributed by atoms with Gasteiger partial charge in [0.05, 0.1) is 22.5 Å². The number of para-hydroxylation sites is 2. The van der Waals surface area contributed by atoms with E-state index in [1.807, 2.05) is 55.6 Å². The molecule has 7 nitrogen and oxygen atoms in total. The molecule has 0 atom stereocenters. The lowest BCUT2D eigenvalue weighted by Gasteiger charge is -2.16. The monoisotopic (exact) mass is 452 g/mol. The van der Waals surface area contributed by atoms with Crippen molar-refractivity contribution in [1.29, 1.82) is 0 Å². The third-order valence-corrected chi connectivity index (χ3v) is 6.41. The van der Waals surface area contributed by atoms with Crippen LogP contribution in [0.2, 0.25) is 0 Å². The summed E-state index contributed by atoms with van der Waals surface area (Å²) in [5, 5.41) is 2.88. The van der Waals surface area contributed by atoms with Crippen LogP contribution in [0.4, 0.5) is 11.4 Å². The minimum Gasteiger partial charge on any atom is -0.397 e. The number of imidazole rings is 1. The highest BCUT2D eigenvalue weighted by atomic mass is 16.1. The van der Waals surface area contributed by atoms with Gasteiger partial charge in [0.1, 0.15) is 17.3 Å². The molecule has 1 saturated carbocycles. The maximum Gasteiger partial charge on any atom is 0.255 e. The van der Waals surface area contributed by atoms with E-state index in [-0.39, 0.29) is 11.3 Å². The third kappa shape index (κ3) is 3.94. The summed E-state index contributed by atoms with van der Waals surface area (Å²) < 4.78 is 0. The van der Waals surface area contributed by atoms with E-state index in [9.17, 15) is 4.79 Å². The molecule has 4 N–H and O–H groups in total. The van der Waals surface area contributed by atoms with Crippen LogP contribution in [0.15, 0.2) is 60.8 Å². The van der Waals surface area contributed by atoms with E-state index in [1.54, 1.807) is 12.1 Å². The standard InChI is InChI=1S/C27H28N6O/c1-16(2)23-24(31-17(3)30-23)22-12-15-29-26(33-22)27(13-14-27)19-10-8-18(9-11-19)25(34)32-21-7-5-4-6-20(21)28/h4-12,15-16H,13-14,28H2,1-3H3,(H,30,31)(H,32,34). The van der Waals surface area contributed by atoms with Gasteiger partial charge in [-0.2, -0.15) is 0 Å². The van der Waals surface area contributed by atoms with Gasteiger partial charge in [-0.25, -0.2) is 15.0 Å². The second-order valence-corrected chi connectivity index (χ2v) is 9.21. The fourth-order valence-electron chi connectivity index (χ4n) is 4.36. The van der Waals surface area contributed by atoms with Gasteiger partial charge in [-0.3, -0.25) is 4.79 Å². The molecule has 4 aromatic rings. The van der Waals surface area contributed by atoms with Gasteiger partial charge < -0.3 is 16.0 Å². The molecule has 0 bridgehead atoms. The second kappa shape index (κ2) is 8.41. The molecule has 7 heteroatoms. The van der Waals surface area contributed by atoms with E-state index in [4.69, 9.17) is 15.7 Å². The highest BCUT2D eigenvalue weighted by Gasteiger charge is 2.48. The zero-order valence-electron chi connectivity index (χ0n) is 19.6. The Morgan fingerprint density at radius 3 is 2.47 bits per heavy atom. The van der Waals surface area contributed by atoms with Crippen molar-refractivity contribution in [2.45, 2.75) is 44.9 Å². The Bertz CT molecular complexity index is 1350. The number of H-pyrrole nitrogens is 1. The topological polar surface area (TPSA) is 110 Å². The zero-order chi connectivity index (χ0) is 23.9. The lowest BCUT2D eigenvalue weighted by atomic mass is 9.93. The average molecular weight is 453 g/mol. The molecule has 2 aromatic heterocycles. The molecule has 0 radical (unpaired) electrons. The van der Waals surface area contributed by atoms with Crippen molar-refractivity contribution < 1.29 is 4.79 Å². The lowest BCUT2D eigenvalue weighted by molar-refractivity contribution is 0.102. The fourth-order valence-corrected chi connectivity index (χ4v) is 4.36. The summed E-state index contributed by atoms with van der Waals surface area (Å²) in [4.78, 5) is 30.3. The first kappa shape index (κ1) is 21.8. The highest BCUT2D eigenvalue weighted by molar-refractivity contribution is 6.05. The van der Waals surface area contributed by atoms with Crippen LogP contribution in [0.25, 0.3) is 11.4 Å². The average Bonchev–Trinajstić information content (AvgIpc) is 3.56. The summed E-state index contributed by atoms with van der Waals surface area (Å²) in [6.45, 7) is 6.25. The molecule has 5 rings (SSSR count). The quantitative estimate of drug-likeness (QED) is 0.348. The molecule has 172 valence electrons. The smallest absolute Gasteiger partial charge is 0.255 e. The van der Waals surface area contributed by atoms with E-state index >= 15 is 0 Å². The van der Waals surface area contributed by atoms with Gasteiger partial charge in [0.15, 0.2) is 0 Å². The number of rotatable bonds is 6. The number of nitrogen functional groups attached to an aromatic ring is 1. The number of carbonyl (C=O) groups excluding carboxylic acids is 1. The molecule has 0 aliphatic heterocycles. The molecular weight excluding hydrogens is 424 g/mol.